The summed E-state index contributed by atoms with van der Waals surface area (Å²) in [7, 11) is 0. The maximum Gasteiger partial charge on any atom is 0.136 e. The molecule has 0 atom stereocenters. The molecule has 0 fully saturated rings. The summed E-state index contributed by atoms with van der Waals surface area (Å²) in [6, 6.07) is 57.7. The summed E-state index contributed by atoms with van der Waals surface area (Å²) in [5, 5.41) is 9.72. The number of para-hydroxylation sites is 2. The molecular weight excluding hydrogens is 681 g/mol. The lowest BCUT2D eigenvalue weighted by molar-refractivity contribution is 0.669. The van der Waals surface area contributed by atoms with Gasteiger partial charge in [0.05, 0.1) is 5.48 Å². The fourth-order valence-corrected chi connectivity index (χ4v) is 8.91. The molecule has 2 heteroatoms. The Kier molecular flexibility index (Phi) is 5.85. The van der Waals surface area contributed by atoms with Gasteiger partial charge in [-0.3, -0.25) is 0 Å². The Bertz CT molecular complexity index is 3700. The van der Waals surface area contributed by atoms with Gasteiger partial charge in [0.15, 0.2) is 0 Å². The molecule has 0 aliphatic rings. The van der Waals surface area contributed by atoms with Crippen molar-refractivity contribution in [1.82, 2.24) is 0 Å². The minimum absolute atomic E-state index is 0.125. The van der Waals surface area contributed by atoms with Crippen molar-refractivity contribution in [2.24, 2.45) is 0 Å². The number of fused-ring (bicyclic) bond motifs is 9. The number of benzene rings is 10. The zero-order chi connectivity index (χ0) is 40.2. The van der Waals surface area contributed by atoms with Crippen molar-refractivity contribution >= 4 is 76.2 Å². The summed E-state index contributed by atoms with van der Waals surface area (Å²) in [5.41, 5.74) is 11.1. The molecule has 56 heavy (non-hydrogen) atoms. The molecule has 2 heterocycles. The Morgan fingerprint density at radius 3 is 1.54 bits per heavy atom. The van der Waals surface area contributed by atoms with E-state index in [0.717, 1.165) is 121 Å². The van der Waals surface area contributed by atoms with Crippen LogP contribution >= 0.6 is 0 Å². The summed E-state index contributed by atoms with van der Waals surface area (Å²) >= 11 is 0. The predicted molar refractivity (Wildman–Crippen MR) is 235 cm³/mol. The largest absolute Gasteiger partial charge is 0.456 e. The summed E-state index contributed by atoms with van der Waals surface area (Å²) in [6.45, 7) is 0. The maximum absolute atomic E-state index is 8.81. The van der Waals surface area contributed by atoms with Crippen LogP contribution in [-0.2, 0) is 0 Å². The van der Waals surface area contributed by atoms with E-state index < -0.39 is 0 Å². The topological polar surface area (TPSA) is 26.3 Å². The molecule has 12 aromatic rings. The molecule has 0 radical (unpaired) electrons. The van der Waals surface area contributed by atoms with E-state index in [1.165, 1.54) is 0 Å². The van der Waals surface area contributed by atoms with E-state index in [1.807, 2.05) is 48.5 Å². The molecule has 2 nitrogen and oxygen atoms in total. The highest BCUT2D eigenvalue weighted by atomic mass is 16.3. The van der Waals surface area contributed by atoms with Crippen LogP contribution in [0.2, 0.25) is 0 Å². The van der Waals surface area contributed by atoms with Crippen LogP contribution in [0.25, 0.3) is 121 Å². The van der Waals surface area contributed by atoms with Crippen molar-refractivity contribution in [2.75, 3.05) is 0 Å². The molecule has 0 aliphatic carbocycles. The average Bonchev–Trinajstić information content (AvgIpc) is 3.85. The number of furan rings is 2. The molecule has 0 spiro atoms. The lowest BCUT2D eigenvalue weighted by Gasteiger charge is -2.18. The van der Waals surface area contributed by atoms with Crippen LogP contribution in [0.15, 0.2) is 203 Å². The molecule has 12 rings (SSSR count). The van der Waals surface area contributed by atoms with Gasteiger partial charge in [-0.05, 0) is 108 Å². The number of hydrogen-bond donors (Lipinski definition) is 0. The Hall–Kier alpha value is -7.42. The van der Waals surface area contributed by atoms with Crippen molar-refractivity contribution in [2.45, 2.75) is 0 Å². The first kappa shape index (κ1) is 27.2. The van der Waals surface area contributed by atoms with E-state index in [0.29, 0.717) is 0 Å². The molecule has 0 bridgehead atoms. The SMILES string of the molecule is [2H]c1cc2c(-c3ccc(-c4ccc5oc6ccccc6c5c4-c4ccc5oc6ccccc6c5c4)cc3)c3cc([2H])c([2H])cc3c(-c3ccc4ccccc4c3)c2cc1[2H]. The van der Waals surface area contributed by atoms with E-state index in [-0.39, 0.29) is 24.2 Å². The van der Waals surface area contributed by atoms with Crippen LogP contribution in [-0.4, -0.2) is 0 Å². The standard InChI is InChI=1S/C54H32O2/c1-2-12-36-31-37(26-21-33(36)11-1)52-43-16-5-3-14-41(43)51(42-15-4-6-17-44(42)52)35-24-22-34(23-25-35)39-28-30-50-54(45-18-8-10-20-48(45)56-50)53(39)38-27-29-49-46(32-38)40-13-7-9-19-47(40)55-49/h1-32H/i3D,4D,5D,6D. The zero-order valence-corrected chi connectivity index (χ0v) is 30.0. The van der Waals surface area contributed by atoms with E-state index >= 15 is 0 Å². The molecule has 0 N–H and O–H groups in total. The molecular formula is C54H32O2. The molecule has 0 saturated heterocycles. The van der Waals surface area contributed by atoms with Crippen LogP contribution < -0.4 is 0 Å². The van der Waals surface area contributed by atoms with Gasteiger partial charge in [0.25, 0.3) is 0 Å². The lowest BCUT2D eigenvalue weighted by Crippen LogP contribution is -1.91. The van der Waals surface area contributed by atoms with Gasteiger partial charge in [0.2, 0.25) is 0 Å². The Labute approximate surface area is 328 Å². The monoisotopic (exact) mass is 716 g/mol. The third-order valence-electron chi connectivity index (χ3n) is 11.4. The van der Waals surface area contributed by atoms with Crippen LogP contribution in [0.4, 0.5) is 0 Å². The number of hydrogen-bond acceptors (Lipinski definition) is 2. The molecule has 260 valence electrons. The molecule has 0 aliphatic heterocycles. The van der Waals surface area contributed by atoms with Gasteiger partial charge in [0, 0.05) is 27.1 Å². The Balaban J connectivity index is 1.10. The highest BCUT2D eigenvalue weighted by Crippen LogP contribution is 2.47. The van der Waals surface area contributed by atoms with E-state index in [9.17, 15) is 0 Å². The normalized spacial score (nSPS) is 12.9. The zero-order valence-electron chi connectivity index (χ0n) is 34.0. The highest BCUT2D eigenvalue weighted by molar-refractivity contribution is 6.22. The summed E-state index contributed by atoms with van der Waals surface area (Å²) < 4.78 is 47.8. The second-order valence-corrected chi connectivity index (χ2v) is 14.5. The van der Waals surface area contributed by atoms with Gasteiger partial charge >= 0.3 is 0 Å². The Morgan fingerprint density at radius 1 is 0.304 bits per heavy atom. The average molecular weight is 717 g/mol. The first-order valence-electron chi connectivity index (χ1n) is 20.8. The molecule has 0 unspecified atom stereocenters. The fraction of sp³-hybridized carbons (Fsp3) is 0. The minimum Gasteiger partial charge on any atom is -0.456 e. The van der Waals surface area contributed by atoms with Gasteiger partial charge < -0.3 is 8.83 Å². The van der Waals surface area contributed by atoms with Crippen molar-refractivity contribution in [3.05, 3.63) is 194 Å². The number of rotatable bonds is 4. The second-order valence-electron chi connectivity index (χ2n) is 14.5. The Morgan fingerprint density at radius 2 is 0.804 bits per heavy atom. The van der Waals surface area contributed by atoms with Crippen molar-refractivity contribution in [3.8, 4) is 44.5 Å². The van der Waals surface area contributed by atoms with E-state index in [2.05, 4.69) is 97.1 Å². The molecule has 10 aromatic carbocycles. The van der Waals surface area contributed by atoms with Gasteiger partial charge in [-0.2, -0.15) is 0 Å². The molecule has 0 amide bonds. The van der Waals surface area contributed by atoms with Gasteiger partial charge in [-0.25, -0.2) is 0 Å². The van der Waals surface area contributed by atoms with Crippen LogP contribution in [0.1, 0.15) is 5.48 Å². The minimum atomic E-state index is 0.125. The van der Waals surface area contributed by atoms with Crippen LogP contribution in [0.5, 0.6) is 0 Å². The fourth-order valence-electron chi connectivity index (χ4n) is 8.91. The third-order valence-corrected chi connectivity index (χ3v) is 11.4. The molecule has 0 saturated carbocycles. The van der Waals surface area contributed by atoms with Crippen LogP contribution in [0.3, 0.4) is 0 Å². The second kappa shape index (κ2) is 12.0. The van der Waals surface area contributed by atoms with E-state index in [4.69, 9.17) is 14.3 Å². The summed E-state index contributed by atoms with van der Waals surface area (Å²) in [4.78, 5) is 0. The maximum atomic E-state index is 8.81. The lowest BCUT2D eigenvalue weighted by atomic mass is 9.85. The van der Waals surface area contributed by atoms with Crippen molar-refractivity contribution < 1.29 is 14.3 Å². The summed E-state index contributed by atoms with van der Waals surface area (Å²) in [6.07, 6.45) is 0. The van der Waals surface area contributed by atoms with Crippen LogP contribution in [0, 0.1) is 0 Å². The van der Waals surface area contributed by atoms with Gasteiger partial charge in [0.1, 0.15) is 22.3 Å². The third kappa shape index (κ3) is 4.63. The van der Waals surface area contributed by atoms with Gasteiger partial charge in [-0.15, -0.1) is 0 Å². The predicted octanol–water partition coefficient (Wildman–Crippen LogP) is 15.6. The quantitative estimate of drug-likeness (QED) is 0.170. The van der Waals surface area contributed by atoms with Gasteiger partial charge in [-0.1, -0.05) is 158 Å². The first-order valence-corrected chi connectivity index (χ1v) is 18.8. The van der Waals surface area contributed by atoms with Crippen molar-refractivity contribution in [3.63, 3.8) is 0 Å². The van der Waals surface area contributed by atoms with E-state index in [1.54, 1.807) is 24.3 Å². The molecule has 2 aromatic heterocycles. The highest BCUT2D eigenvalue weighted by Gasteiger charge is 2.21. The van der Waals surface area contributed by atoms with Crippen molar-refractivity contribution in [1.29, 1.82) is 0 Å². The first-order chi connectivity index (χ1) is 29.4. The summed E-state index contributed by atoms with van der Waals surface area (Å²) in [5.74, 6) is 0. The smallest absolute Gasteiger partial charge is 0.136 e.